The van der Waals surface area contributed by atoms with Crippen molar-refractivity contribution in [2.45, 2.75) is 18.3 Å². The molecule has 1 atom stereocenters. The molecule has 0 aliphatic carbocycles. The standard InChI is InChI=1S/C23H18F3N5O/c24-23(25,26)32-20-7-5-18(6-8-20)22(21-29-9-2-10-31(21)15-30-22)19-4-1-3-16(11-19)17-12-27-14-28-13-17/h1,3-8,11-15H,2,9-10H2/t22-/m1/s1. The van der Waals surface area contributed by atoms with Crippen LogP contribution in [-0.4, -0.2) is 46.5 Å². The fraction of sp³-hybridized carbons (Fsp3) is 0.217. The maximum atomic E-state index is 12.6. The first kappa shape index (κ1) is 20.2. The van der Waals surface area contributed by atoms with Crippen molar-refractivity contribution in [2.24, 2.45) is 9.98 Å². The third kappa shape index (κ3) is 3.59. The molecule has 0 radical (unpaired) electrons. The zero-order valence-corrected chi connectivity index (χ0v) is 16.8. The average Bonchev–Trinajstić information content (AvgIpc) is 3.20. The molecular weight excluding hydrogens is 419 g/mol. The van der Waals surface area contributed by atoms with Crippen molar-refractivity contribution in [1.29, 1.82) is 0 Å². The zero-order valence-electron chi connectivity index (χ0n) is 16.8. The second-order valence-corrected chi connectivity index (χ2v) is 7.49. The summed E-state index contributed by atoms with van der Waals surface area (Å²) in [6, 6.07) is 13.6. The summed E-state index contributed by atoms with van der Waals surface area (Å²) in [5.41, 5.74) is 2.34. The number of hydrogen-bond acceptors (Lipinski definition) is 6. The molecule has 162 valence electrons. The molecule has 2 aliphatic rings. The van der Waals surface area contributed by atoms with Crippen molar-refractivity contribution >= 4 is 12.2 Å². The monoisotopic (exact) mass is 437 g/mol. The quantitative estimate of drug-likeness (QED) is 0.606. The highest BCUT2D eigenvalue weighted by atomic mass is 19.4. The fourth-order valence-electron chi connectivity index (χ4n) is 4.12. The minimum absolute atomic E-state index is 0.281. The molecule has 0 amide bonds. The first-order chi connectivity index (χ1) is 15.5. The van der Waals surface area contributed by atoms with Crippen molar-refractivity contribution in [1.82, 2.24) is 14.9 Å². The number of fused-ring (bicyclic) bond motifs is 1. The van der Waals surface area contributed by atoms with Gasteiger partial charge in [-0.05, 0) is 41.3 Å². The van der Waals surface area contributed by atoms with Crippen molar-refractivity contribution in [3.05, 3.63) is 78.4 Å². The number of hydrogen-bond donors (Lipinski definition) is 0. The van der Waals surface area contributed by atoms with Crippen LogP contribution >= 0.6 is 0 Å². The minimum Gasteiger partial charge on any atom is -0.406 e. The largest absolute Gasteiger partial charge is 0.573 e. The van der Waals surface area contributed by atoms with Crippen LogP contribution in [0.3, 0.4) is 0 Å². The van der Waals surface area contributed by atoms with Crippen LogP contribution in [-0.2, 0) is 5.54 Å². The highest BCUT2D eigenvalue weighted by molar-refractivity contribution is 6.07. The van der Waals surface area contributed by atoms with Crippen molar-refractivity contribution in [3.8, 4) is 16.9 Å². The lowest BCUT2D eigenvalue weighted by atomic mass is 9.81. The van der Waals surface area contributed by atoms with Gasteiger partial charge in [0.25, 0.3) is 0 Å². The van der Waals surface area contributed by atoms with Crippen LogP contribution < -0.4 is 4.74 Å². The van der Waals surface area contributed by atoms with E-state index in [-0.39, 0.29) is 5.75 Å². The van der Waals surface area contributed by atoms with Crippen LogP contribution in [0.25, 0.3) is 11.1 Å². The first-order valence-corrected chi connectivity index (χ1v) is 10.0. The van der Waals surface area contributed by atoms with Gasteiger partial charge in [-0.25, -0.2) is 9.97 Å². The van der Waals surface area contributed by atoms with E-state index in [2.05, 4.69) is 14.7 Å². The molecule has 0 saturated carbocycles. The van der Waals surface area contributed by atoms with E-state index >= 15 is 0 Å². The minimum atomic E-state index is -4.75. The van der Waals surface area contributed by atoms with Gasteiger partial charge in [0.05, 0.1) is 6.34 Å². The molecular formula is C23H18F3N5O. The van der Waals surface area contributed by atoms with E-state index in [0.29, 0.717) is 12.1 Å². The summed E-state index contributed by atoms with van der Waals surface area (Å²) >= 11 is 0. The molecule has 3 aromatic rings. The first-order valence-electron chi connectivity index (χ1n) is 10.0. The van der Waals surface area contributed by atoms with Gasteiger partial charge < -0.3 is 9.64 Å². The summed E-state index contributed by atoms with van der Waals surface area (Å²) in [7, 11) is 0. The molecule has 0 saturated heterocycles. The number of alkyl halides is 3. The van der Waals surface area contributed by atoms with Crippen LogP contribution in [0.5, 0.6) is 5.75 Å². The number of aromatic nitrogens is 2. The topological polar surface area (TPSA) is 63.0 Å². The summed E-state index contributed by atoms with van der Waals surface area (Å²) in [5.74, 6) is 0.478. The number of nitrogens with zero attached hydrogens (tertiary/aromatic N) is 5. The molecule has 3 heterocycles. The maximum Gasteiger partial charge on any atom is 0.573 e. The molecule has 32 heavy (non-hydrogen) atoms. The molecule has 6 nitrogen and oxygen atoms in total. The van der Waals surface area contributed by atoms with E-state index in [1.54, 1.807) is 30.9 Å². The molecule has 5 rings (SSSR count). The number of aliphatic imine (C=N–C) groups is 2. The Labute approximate surface area is 182 Å². The van der Waals surface area contributed by atoms with E-state index in [1.807, 2.05) is 29.2 Å². The van der Waals surface area contributed by atoms with E-state index < -0.39 is 11.9 Å². The summed E-state index contributed by atoms with van der Waals surface area (Å²) in [6.45, 7) is 1.45. The molecule has 1 aromatic heterocycles. The van der Waals surface area contributed by atoms with Crippen LogP contribution in [0.15, 0.2) is 77.2 Å². The second kappa shape index (κ2) is 7.74. The van der Waals surface area contributed by atoms with Crippen LogP contribution in [0.1, 0.15) is 17.5 Å². The van der Waals surface area contributed by atoms with Gasteiger partial charge in [0.15, 0.2) is 5.54 Å². The van der Waals surface area contributed by atoms with Gasteiger partial charge >= 0.3 is 6.36 Å². The Morgan fingerprint density at radius 2 is 1.72 bits per heavy atom. The highest BCUT2D eigenvalue weighted by Crippen LogP contribution is 2.42. The zero-order chi connectivity index (χ0) is 22.2. The van der Waals surface area contributed by atoms with E-state index in [4.69, 9.17) is 9.98 Å². The number of benzene rings is 2. The lowest BCUT2D eigenvalue weighted by Gasteiger charge is -2.33. The van der Waals surface area contributed by atoms with Crippen molar-refractivity contribution in [3.63, 3.8) is 0 Å². The van der Waals surface area contributed by atoms with Crippen LogP contribution in [0.2, 0.25) is 0 Å². The Morgan fingerprint density at radius 1 is 0.938 bits per heavy atom. The van der Waals surface area contributed by atoms with Crippen LogP contribution in [0.4, 0.5) is 13.2 Å². The molecule has 0 fully saturated rings. The summed E-state index contributed by atoms with van der Waals surface area (Å²) in [5, 5.41) is 0. The van der Waals surface area contributed by atoms with E-state index in [1.165, 1.54) is 18.5 Å². The number of amidine groups is 1. The van der Waals surface area contributed by atoms with Crippen molar-refractivity contribution in [2.75, 3.05) is 13.1 Å². The van der Waals surface area contributed by atoms with Gasteiger partial charge in [-0.1, -0.05) is 30.3 Å². The van der Waals surface area contributed by atoms with Gasteiger partial charge in [0.1, 0.15) is 17.9 Å². The third-order valence-electron chi connectivity index (χ3n) is 5.49. The number of halogens is 3. The predicted molar refractivity (Wildman–Crippen MR) is 113 cm³/mol. The Hall–Kier alpha value is -3.75. The second-order valence-electron chi connectivity index (χ2n) is 7.49. The summed E-state index contributed by atoms with van der Waals surface area (Å²) < 4.78 is 41.9. The molecule has 0 N–H and O–H groups in total. The highest BCUT2D eigenvalue weighted by Gasteiger charge is 2.46. The Morgan fingerprint density at radius 3 is 2.47 bits per heavy atom. The fourth-order valence-corrected chi connectivity index (χ4v) is 4.12. The average molecular weight is 437 g/mol. The molecule has 0 spiro atoms. The Bertz CT molecular complexity index is 1180. The molecule has 2 aromatic carbocycles. The normalized spacial score (nSPS) is 20.1. The van der Waals surface area contributed by atoms with Crippen molar-refractivity contribution < 1.29 is 17.9 Å². The van der Waals surface area contributed by atoms with Crippen LogP contribution in [0, 0.1) is 0 Å². The molecule has 2 aliphatic heterocycles. The lowest BCUT2D eigenvalue weighted by molar-refractivity contribution is -0.274. The smallest absolute Gasteiger partial charge is 0.406 e. The molecule has 0 unspecified atom stereocenters. The van der Waals surface area contributed by atoms with Gasteiger partial charge in [-0.3, -0.25) is 9.98 Å². The SMILES string of the molecule is FC(F)(F)Oc1ccc([C@]2(c3cccc(-c4cncnc4)c3)N=CN3CCCN=C32)cc1. The van der Waals surface area contributed by atoms with Gasteiger partial charge in [-0.2, -0.15) is 0 Å². The van der Waals surface area contributed by atoms with Gasteiger partial charge in [-0.15, -0.1) is 13.2 Å². The Kier molecular flexibility index (Phi) is 4.88. The Balaban J connectivity index is 1.63. The molecule has 9 heteroatoms. The third-order valence-corrected chi connectivity index (χ3v) is 5.49. The lowest BCUT2D eigenvalue weighted by Crippen LogP contribution is -2.43. The predicted octanol–water partition coefficient (Wildman–Crippen LogP) is 4.43. The number of ether oxygens (including phenoxy) is 1. The summed E-state index contributed by atoms with van der Waals surface area (Å²) in [6.07, 6.45) is 2.84. The van der Waals surface area contributed by atoms with E-state index in [0.717, 1.165) is 35.5 Å². The van der Waals surface area contributed by atoms with E-state index in [9.17, 15) is 13.2 Å². The summed E-state index contributed by atoms with van der Waals surface area (Å²) in [4.78, 5) is 19.8. The maximum absolute atomic E-state index is 12.6. The number of rotatable bonds is 4. The molecule has 0 bridgehead atoms. The van der Waals surface area contributed by atoms with Gasteiger partial charge in [0.2, 0.25) is 0 Å². The van der Waals surface area contributed by atoms with Gasteiger partial charge in [0, 0.05) is 31.0 Å².